The second-order valence-corrected chi connectivity index (χ2v) is 8.07. The summed E-state index contributed by atoms with van der Waals surface area (Å²) in [5, 5.41) is 0.892. The van der Waals surface area contributed by atoms with Crippen LogP contribution in [0.25, 0.3) is 22.6 Å². The van der Waals surface area contributed by atoms with Crippen molar-refractivity contribution < 1.29 is 18.7 Å². The third-order valence-corrected chi connectivity index (χ3v) is 5.72. The Bertz CT molecular complexity index is 1000. The fraction of sp³-hybridized carbons (Fsp3) is 0.333. The van der Waals surface area contributed by atoms with Crippen LogP contribution >= 0.6 is 23.2 Å². The van der Waals surface area contributed by atoms with Crippen molar-refractivity contribution in [1.29, 1.82) is 0 Å². The Kier molecular flexibility index (Phi) is 6.04. The molecule has 0 N–H and O–H groups in total. The lowest BCUT2D eigenvalue weighted by Gasteiger charge is -2.11. The van der Waals surface area contributed by atoms with Gasteiger partial charge in [-0.05, 0) is 75.2 Å². The van der Waals surface area contributed by atoms with Crippen LogP contribution in [0.3, 0.4) is 0 Å². The molecule has 3 aromatic rings. The predicted octanol–water partition coefficient (Wildman–Crippen LogP) is 6.09. The molecule has 0 radical (unpaired) electrons. The van der Waals surface area contributed by atoms with Crippen LogP contribution < -0.4 is 0 Å². The molecule has 3 heterocycles. The molecule has 0 aliphatic carbocycles. The van der Waals surface area contributed by atoms with Gasteiger partial charge in [0.1, 0.15) is 5.52 Å². The maximum absolute atomic E-state index is 11.9. The van der Waals surface area contributed by atoms with Crippen molar-refractivity contribution in [2.75, 3.05) is 13.1 Å². The highest BCUT2D eigenvalue weighted by Crippen LogP contribution is 2.30. The number of oxazole rings is 1. The number of benzene rings is 2. The standard InChI is InChI=1S/C14H6Cl2FNO3.C7H13N/c15-9-3-8(4-10(16)6-9)13-18-11-2-1-7(14(19)21-17)5-12(11)20-13;1-3-7-4-2-6-8(7)5-1/h1-6H;7H,1-6H2. The molecular formula is C21H19Cl2FN2O3. The van der Waals surface area contributed by atoms with Crippen LogP contribution in [0.4, 0.5) is 4.53 Å². The predicted molar refractivity (Wildman–Crippen MR) is 110 cm³/mol. The van der Waals surface area contributed by atoms with Crippen molar-refractivity contribution in [3.63, 3.8) is 0 Å². The van der Waals surface area contributed by atoms with Crippen molar-refractivity contribution in [2.24, 2.45) is 0 Å². The summed E-state index contributed by atoms with van der Waals surface area (Å²) in [7, 11) is 0. The number of hydrogen-bond donors (Lipinski definition) is 0. The monoisotopic (exact) mass is 436 g/mol. The SMILES string of the molecule is C1CC2CCCN2C1.O=C(OF)c1ccc2nc(-c3cc(Cl)cc(Cl)c3)oc2c1. The minimum atomic E-state index is -1.10. The Hall–Kier alpha value is -2.15. The van der Waals surface area contributed by atoms with Crippen molar-refractivity contribution in [3.05, 3.63) is 52.0 Å². The van der Waals surface area contributed by atoms with Gasteiger partial charge in [-0.15, -0.1) is 0 Å². The number of hydrogen-bond acceptors (Lipinski definition) is 5. The second kappa shape index (κ2) is 8.69. The van der Waals surface area contributed by atoms with Crippen LogP contribution in [0.2, 0.25) is 10.0 Å². The van der Waals surface area contributed by atoms with E-state index in [2.05, 4.69) is 14.8 Å². The zero-order valence-corrected chi connectivity index (χ0v) is 17.0. The van der Waals surface area contributed by atoms with Crippen molar-refractivity contribution >= 4 is 40.3 Å². The topological polar surface area (TPSA) is 55.6 Å². The van der Waals surface area contributed by atoms with Gasteiger partial charge in [0.05, 0.1) is 5.56 Å². The smallest absolute Gasteiger partial charge is 0.379 e. The Morgan fingerprint density at radius 3 is 2.41 bits per heavy atom. The van der Waals surface area contributed by atoms with Crippen LogP contribution in [0.5, 0.6) is 0 Å². The zero-order valence-electron chi connectivity index (χ0n) is 15.5. The lowest BCUT2D eigenvalue weighted by molar-refractivity contribution is -0.0787. The number of nitrogens with zero attached hydrogens (tertiary/aromatic N) is 2. The van der Waals surface area contributed by atoms with Gasteiger partial charge in [-0.1, -0.05) is 23.2 Å². The lowest BCUT2D eigenvalue weighted by atomic mass is 10.2. The number of halogens is 3. The van der Waals surface area contributed by atoms with E-state index in [-0.39, 0.29) is 5.56 Å². The highest BCUT2D eigenvalue weighted by molar-refractivity contribution is 6.35. The van der Waals surface area contributed by atoms with Gasteiger partial charge in [-0.2, -0.15) is 0 Å². The highest BCUT2D eigenvalue weighted by atomic mass is 35.5. The molecule has 5 rings (SSSR count). The normalized spacial score (nSPS) is 16.5. The van der Waals surface area contributed by atoms with Crippen LogP contribution in [-0.2, 0) is 4.94 Å². The van der Waals surface area contributed by atoms with Crippen LogP contribution in [-0.4, -0.2) is 35.0 Å². The quantitative estimate of drug-likeness (QED) is 0.486. The minimum Gasteiger partial charge on any atom is -0.436 e. The molecule has 2 saturated heterocycles. The van der Waals surface area contributed by atoms with E-state index < -0.39 is 5.97 Å². The zero-order chi connectivity index (χ0) is 20.4. The molecule has 2 aliphatic heterocycles. The summed E-state index contributed by atoms with van der Waals surface area (Å²) in [4.78, 5) is 21.2. The first-order valence-electron chi connectivity index (χ1n) is 9.47. The summed E-state index contributed by atoms with van der Waals surface area (Å²) in [5.41, 5.74) is 1.45. The van der Waals surface area contributed by atoms with E-state index in [1.807, 2.05) is 0 Å². The molecule has 0 unspecified atom stereocenters. The average molecular weight is 437 g/mol. The number of rotatable bonds is 2. The van der Waals surface area contributed by atoms with Crippen LogP contribution in [0.1, 0.15) is 36.0 Å². The second-order valence-electron chi connectivity index (χ2n) is 7.20. The molecule has 0 saturated carbocycles. The Morgan fingerprint density at radius 2 is 1.79 bits per heavy atom. The fourth-order valence-corrected chi connectivity index (χ4v) is 4.47. The average Bonchev–Trinajstić information content (AvgIpc) is 3.42. The van der Waals surface area contributed by atoms with E-state index in [0.29, 0.717) is 32.6 Å². The van der Waals surface area contributed by atoms with Crippen LogP contribution in [0, 0.1) is 0 Å². The van der Waals surface area contributed by atoms with Crippen molar-refractivity contribution in [1.82, 2.24) is 9.88 Å². The van der Waals surface area contributed by atoms with Crippen LogP contribution in [0.15, 0.2) is 40.8 Å². The van der Waals surface area contributed by atoms with Gasteiger partial charge in [-0.25, -0.2) is 14.7 Å². The summed E-state index contributed by atoms with van der Waals surface area (Å²) >= 11 is 11.9. The Balaban J connectivity index is 0.000000211. The van der Waals surface area contributed by atoms with Gasteiger partial charge >= 0.3 is 5.97 Å². The van der Waals surface area contributed by atoms with E-state index in [4.69, 9.17) is 27.6 Å². The molecule has 0 atom stereocenters. The largest absolute Gasteiger partial charge is 0.436 e. The maximum atomic E-state index is 11.9. The van der Waals surface area contributed by atoms with Gasteiger partial charge in [-0.3, -0.25) is 0 Å². The fourth-order valence-electron chi connectivity index (χ4n) is 3.94. The molecule has 2 aromatic carbocycles. The molecule has 8 heteroatoms. The lowest BCUT2D eigenvalue weighted by Crippen LogP contribution is -2.21. The van der Waals surface area contributed by atoms with Gasteiger partial charge in [0.15, 0.2) is 5.58 Å². The molecule has 0 bridgehead atoms. The molecule has 2 aliphatic rings. The molecular weight excluding hydrogens is 418 g/mol. The van der Waals surface area contributed by atoms with E-state index >= 15 is 0 Å². The summed E-state index contributed by atoms with van der Waals surface area (Å²) in [6.07, 6.45) is 5.90. The van der Waals surface area contributed by atoms with Crippen molar-refractivity contribution in [3.8, 4) is 11.5 Å². The van der Waals surface area contributed by atoms with Gasteiger partial charge < -0.3 is 9.32 Å². The molecule has 2 fully saturated rings. The summed E-state index contributed by atoms with van der Waals surface area (Å²) in [6, 6.07) is 10.2. The first kappa shape index (κ1) is 20.1. The third-order valence-electron chi connectivity index (χ3n) is 5.29. The summed E-state index contributed by atoms with van der Waals surface area (Å²) in [6.45, 7) is 2.79. The van der Waals surface area contributed by atoms with Gasteiger partial charge in [0.25, 0.3) is 0 Å². The summed E-state index contributed by atoms with van der Waals surface area (Å²) < 4.78 is 17.4. The maximum Gasteiger partial charge on any atom is 0.379 e. The Labute approximate surface area is 177 Å². The molecule has 5 nitrogen and oxygen atoms in total. The number of carbonyl (C=O) groups is 1. The first-order chi connectivity index (χ1) is 14.0. The van der Waals surface area contributed by atoms with E-state index in [1.165, 1.54) is 57.0 Å². The molecule has 29 heavy (non-hydrogen) atoms. The van der Waals surface area contributed by atoms with Gasteiger partial charge in [0.2, 0.25) is 5.89 Å². The van der Waals surface area contributed by atoms with E-state index in [1.54, 1.807) is 18.2 Å². The molecule has 0 spiro atoms. The van der Waals surface area contributed by atoms with Gasteiger partial charge in [0, 0.05) is 26.2 Å². The Morgan fingerprint density at radius 1 is 1.10 bits per heavy atom. The molecule has 1 aromatic heterocycles. The van der Waals surface area contributed by atoms with E-state index in [9.17, 15) is 9.32 Å². The molecule has 0 amide bonds. The van der Waals surface area contributed by atoms with Crippen molar-refractivity contribution in [2.45, 2.75) is 31.7 Å². The first-order valence-corrected chi connectivity index (χ1v) is 10.2. The number of fused-ring (bicyclic) bond motifs is 2. The number of carbonyl (C=O) groups excluding carboxylic acids is 1. The van der Waals surface area contributed by atoms with E-state index in [0.717, 1.165) is 6.04 Å². The highest BCUT2D eigenvalue weighted by Gasteiger charge is 2.27. The molecule has 152 valence electrons. The summed E-state index contributed by atoms with van der Waals surface area (Å²) in [5.74, 6) is -0.805. The number of aromatic nitrogens is 1. The minimum absolute atomic E-state index is 0.0248. The third kappa shape index (κ3) is 4.55.